The maximum atomic E-state index is 12.6. The van der Waals surface area contributed by atoms with E-state index in [0.717, 1.165) is 17.8 Å². The summed E-state index contributed by atoms with van der Waals surface area (Å²) in [7, 11) is 0. The van der Waals surface area contributed by atoms with Crippen LogP contribution in [-0.4, -0.2) is 23.7 Å². The maximum absolute atomic E-state index is 12.6. The Morgan fingerprint density at radius 1 is 1.25 bits per heavy atom. The fourth-order valence-corrected chi connectivity index (χ4v) is 6.69. The standard InChI is InChI=1S/C22H29ClN2O2S/c1-3-27-19-5-4-17(9-18(19)23)20(26)25-21(28)24-13(2)22-10-14-6-15(11-22)8-16(7-14)12-22/h4-5,9,13-16H,3,6-8,10-12H2,1-2H3,(H2,24,25,26,28). The second kappa shape index (κ2) is 7.83. The van der Waals surface area contributed by atoms with E-state index in [9.17, 15) is 4.79 Å². The Labute approximate surface area is 177 Å². The highest BCUT2D eigenvalue weighted by Crippen LogP contribution is 2.61. The third-order valence-electron chi connectivity index (χ3n) is 7.07. The lowest BCUT2D eigenvalue weighted by Gasteiger charge is -2.59. The Kier molecular flexibility index (Phi) is 5.58. The number of rotatable bonds is 5. The van der Waals surface area contributed by atoms with Gasteiger partial charge in [-0.3, -0.25) is 10.1 Å². The van der Waals surface area contributed by atoms with Crippen LogP contribution in [-0.2, 0) is 0 Å². The van der Waals surface area contributed by atoms with Crippen LogP contribution >= 0.6 is 23.8 Å². The molecule has 4 nitrogen and oxygen atoms in total. The molecule has 28 heavy (non-hydrogen) atoms. The smallest absolute Gasteiger partial charge is 0.257 e. The molecule has 0 saturated heterocycles. The molecule has 1 unspecified atom stereocenters. The van der Waals surface area contributed by atoms with Crippen LogP contribution < -0.4 is 15.4 Å². The van der Waals surface area contributed by atoms with Crippen LogP contribution in [0.25, 0.3) is 0 Å². The van der Waals surface area contributed by atoms with Crippen molar-refractivity contribution in [2.75, 3.05) is 6.61 Å². The maximum Gasteiger partial charge on any atom is 0.257 e. The van der Waals surface area contributed by atoms with Crippen LogP contribution in [0.5, 0.6) is 5.75 Å². The average Bonchev–Trinajstić information content (AvgIpc) is 2.62. The minimum absolute atomic E-state index is 0.250. The Morgan fingerprint density at radius 2 is 1.86 bits per heavy atom. The van der Waals surface area contributed by atoms with E-state index in [-0.39, 0.29) is 11.9 Å². The molecule has 1 aromatic carbocycles. The molecule has 2 N–H and O–H groups in total. The molecule has 152 valence electrons. The molecule has 0 heterocycles. The van der Waals surface area contributed by atoms with E-state index in [1.165, 1.54) is 38.5 Å². The minimum atomic E-state index is -0.250. The first kappa shape index (κ1) is 20.0. The molecule has 4 saturated carbocycles. The fourth-order valence-electron chi connectivity index (χ4n) is 6.18. The molecule has 4 bridgehead atoms. The van der Waals surface area contributed by atoms with Gasteiger partial charge in [0.15, 0.2) is 5.11 Å². The van der Waals surface area contributed by atoms with Gasteiger partial charge in [-0.25, -0.2) is 0 Å². The minimum Gasteiger partial charge on any atom is -0.492 e. The number of carbonyl (C=O) groups is 1. The van der Waals surface area contributed by atoms with Gasteiger partial charge in [0.2, 0.25) is 0 Å². The zero-order valence-electron chi connectivity index (χ0n) is 16.6. The number of hydrogen-bond acceptors (Lipinski definition) is 3. The van der Waals surface area contributed by atoms with Crippen LogP contribution in [0.4, 0.5) is 0 Å². The van der Waals surface area contributed by atoms with Crippen molar-refractivity contribution in [3.05, 3.63) is 28.8 Å². The molecule has 6 heteroatoms. The van der Waals surface area contributed by atoms with Crippen molar-refractivity contribution in [1.82, 2.24) is 10.6 Å². The molecule has 1 amide bonds. The van der Waals surface area contributed by atoms with Crippen molar-refractivity contribution >= 4 is 34.8 Å². The van der Waals surface area contributed by atoms with Crippen molar-refractivity contribution in [3.8, 4) is 5.75 Å². The van der Waals surface area contributed by atoms with Gasteiger partial charge in [0, 0.05) is 11.6 Å². The molecular weight excluding hydrogens is 392 g/mol. The SMILES string of the molecule is CCOc1ccc(C(=O)NC(=S)NC(C)C23CC4CC(CC(C4)C2)C3)cc1Cl. The molecule has 0 aliphatic heterocycles. The van der Waals surface area contributed by atoms with E-state index in [4.69, 9.17) is 28.6 Å². The number of halogens is 1. The molecule has 1 atom stereocenters. The molecule has 4 aliphatic carbocycles. The summed E-state index contributed by atoms with van der Waals surface area (Å²) < 4.78 is 5.42. The lowest BCUT2D eigenvalue weighted by Crippen LogP contribution is -2.57. The van der Waals surface area contributed by atoms with Gasteiger partial charge < -0.3 is 10.1 Å². The molecule has 0 radical (unpaired) electrons. The van der Waals surface area contributed by atoms with Crippen LogP contribution in [0.15, 0.2) is 18.2 Å². The summed E-state index contributed by atoms with van der Waals surface area (Å²) in [6, 6.07) is 5.32. The number of amides is 1. The van der Waals surface area contributed by atoms with Gasteiger partial charge in [0.05, 0.1) is 11.6 Å². The van der Waals surface area contributed by atoms with Crippen LogP contribution in [0.1, 0.15) is 62.7 Å². The zero-order valence-corrected chi connectivity index (χ0v) is 18.2. The first-order valence-electron chi connectivity index (χ1n) is 10.4. The lowest BCUT2D eigenvalue weighted by molar-refractivity contribution is -0.0672. The van der Waals surface area contributed by atoms with Crippen LogP contribution in [0, 0.1) is 23.2 Å². The second-order valence-corrected chi connectivity index (χ2v) is 9.82. The Morgan fingerprint density at radius 3 is 2.39 bits per heavy atom. The van der Waals surface area contributed by atoms with E-state index in [1.54, 1.807) is 18.2 Å². The van der Waals surface area contributed by atoms with Gasteiger partial charge in [-0.05, 0) is 106 Å². The molecule has 4 fully saturated rings. The largest absolute Gasteiger partial charge is 0.492 e. The molecule has 1 aromatic rings. The topological polar surface area (TPSA) is 50.4 Å². The highest BCUT2D eigenvalue weighted by molar-refractivity contribution is 7.80. The van der Waals surface area contributed by atoms with E-state index in [0.29, 0.717) is 33.5 Å². The number of carbonyl (C=O) groups excluding carboxylic acids is 1. The number of benzene rings is 1. The monoisotopic (exact) mass is 420 g/mol. The van der Waals surface area contributed by atoms with Gasteiger partial charge in [-0.15, -0.1) is 0 Å². The predicted molar refractivity (Wildman–Crippen MR) is 116 cm³/mol. The summed E-state index contributed by atoms with van der Waals surface area (Å²) in [4.78, 5) is 12.6. The summed E-state index contributed by atoms with van der Waals surface area (Å²) in [5.74, 6) is 3.01. The first-order valence-corrected chi connectivity index (χ1v) is 11.2. The Balaban J connectivity index is 1.36. The van der Waals surface area contributed by atoms with E-state index >= 15 is 0 Å². The van der Waals surface area contributed by atoms with Crippen molar-refractivity contribution < 1.29 is 9.53 Å². The molecule has 0 spiro atoms. The number of thiocarbonyl (C=S) groups is 1. The van der Waals surface area contributed by atoms with E-state index in [2.05, 4.69) is 17.6 Å². The third-order valence-corrected chi connectivity index (χ3v) is 7.59. The molecular formula is C22H29ClN2O2S. The Hall–Kier alpha value is -1.33. The fraction of sp³-hybridized carbons (Fsp3) is 0.636. The van der Waals surface area contributed by atoms with Crippen molar-refractivity contribution in [1.29, 1.82) is 0 Å². The molecule has 5 rings (SSSR count). The highest BCUT2D eigenvalue weighted by atomic mass is 35.5. The summed E-state index contributed by atoms with van der Waals surface area (Å²) in [5, 5.41) is 7.07. The van der Waals surface area contributed by atoms with Gasteiger partial charge in [0.1, 0.15) is 5.75 Å². The van der Waals surface area contributed by atoms with Crippen molar-refractivity contribution in [3.63, 3.8) is 0 Å². The van der Waals surface area contributed by atoms with Gasteiger partial charge in [-0.1, -0.05) is 11.6 Å². The predicted octanol–water partition coefficient (Wildman–Crippen LogP) is 4.95. The molecule has 4 aliphatic rings. The summed E-state index contributed by atoms with van der Waals surface area (Å²) in [6.45, 7) is 4.66. The van der Waals surface area contributed by atoms with Crippen LogP contribution in [0.2, 0.25) is 5.02 Å². The number of nitrogens with one attached hydrogen (secondary N) is 2. The van der Waals surface area contributed by atoms with E-state index < -0.39 is 0 Å². The van der Waals surface area contributed by atoms with Gasteiger partial charge >= 0.3 is 0 Å². The quantitative estimate of drug-likeness (QED) is 0.662. The average molecular weight is 421 g/mol. The Bertz CT molecular complexity index is 747. The van der Waals surface area contributed by atoms with Crippen molar-refractivity contribution in [2.24, 2.45) is 23.2 Å². The second-order valence-electron chi connectivity index (χ2n) is 9.01. The molecule has 0 aromatic heterocycles. The summed E-state index contributed by atoms with van der Waals surface area (Å²) >= 11 is 11.7. The first-order chi connectivity index (χ1) is 13.4. The van der Waals surface area contributed by atoms with Gasteiger partial charge in [-0.2, -0.15) is 0 Å². The normalized spacial score (nSPS) is 31.3. The summed E-state index contributed by atoms with van der Waals surface area (Å²) in [6.07, 6.45) is 8.18. The highest BCUT2D eigenvalue weighted by Gasteiger charge is 2.53. The zero-order chi connectivity index (χ0) is 19.9. The summed E-state index contributed by atoms with van der Waals surface area (Å²) in [5.41, 5.74) is 0.812. The lowest BCUT2D eigenvalue weighted by atomic mass is 9.48. The van der Waals surface area contributed by atoms with Crippen LogP contribution in [0.3, 0.4) is 0 Å². The van der Waals surface area contributed by atoms with Gasteiger partial charge in [0.25, 0.3) is 5.91 Å². The van der Waals surface area contributed by atoms with Crippen molar-refractivity contribution in [2.45, 2.75) is 58.4 Å². The third kappa shape index (κ3) is 3.88. The number of hydrogen-bond donors (Lipinski definition) is 2. The van der Waals surface area contributed by atoms with E-state index in [1.807, 2.05) is 6.92 Å². The number of ether oxygens (including phenoxy) is 1.